The van der Waals surface area contributed by atoms with Crippen LogP contribution < -0.4 is 4.90 Å². The minimum absolute atomic E-state index is 0.0494. The van der Waals surface area contributed by atoms with E-state index in [0.29, 0.717) is 18.8 Å². The van der Waals surface area contributed by atoms with Crippen molar-refractivity contribution in [3.05, 3.63) is 83.2 Å². The summed E-state index contributed by atoms with van der Waals surface area (Å²) in [6.07, 6.45) is 1.04. The van der Waals surface area contributed by atoms with Crippen molar-refractivity contribution < 1.29 is 31.1 Å². The van der Waals surface area contributed by atoms with Gasteiger partial charge in [-0.25, -0.2) is 21.6 Å². The van der Waals surface area contributed by atoms with Crippen molar-refractivity contribution in [3.63, 3.8) is 0 Å². The molecule has 6 nitrogen and oxygen atoms in total. The minimum Gasteiger partial charge on any atom is -0.380 e. The normalized spacial score (nSPS) is 14.2. The number of sulfone groups is 1. The number of methoxy groups -OCH3 is 1. The van der Waals surface area contributed by atoms with Gasteiger partial charge in [-0.15, -0.1) is 0 Å². The second kappa shape index (κ2) is 10.3. The Morgan fingerprint density at radius 2 is 1.53 bits per heavy atom. The number of hydrogen-bond donors (Lipinski definition) is 0. The van der Waals surface area contributed by atoms with Gasteiger partial charge in [0.2, 0.25) is 0 Å². The van der Waals surface area contributed by atoms with Crippen molar-refractivity contribution in [1.29, 1.82) is 0 Å². The Bertz CT molecular complexity index is 1380. The summed E-state index contributed by atoms with van der Waals surface area (Å²) in [6, 6.07) is 12.5. The standard InChI is InChI=1S/C26H25F3N2O4S/c1-35-16-22-24(28)13-17(14-25(22)29)30-9-11-31(12-10-30)26(32)21-15-18(36(2,33)34)7-8-19(21)20-5-3-4-6-23(20)27/h3-8,13-15H,9-12,16H2,1-2H3. The van der Waals surface area contributed by atoms with Gasteiger partial charge >= 0.3 is 0 Å². The number of anilines is 1. The van der Waals surface area contributed by atoms with Crippen molar-refractivity contribution in [3.8, 4) is 11.1 Å². The van der Waals surface area contributed by atoms with Crippen molar-refractivity contribution in [1.82, 2.24) is 4.90 Å². The molecule has 3 aromatic rings. The van der Waals surface area contributed by atoms with Gasteiger partial charge in [-0.3, -0.25) is 4.79 Å². The Hall–Kier alpha value is -3.37. The zero-order valence-corrected chi connectivity index (χ0v) is 20.6. The predicted molar refractivity (Wildman–Crippen MR) is 130 cm³/mol. The molecule has 0 aromatic heterocycles. The maximum atomic E-state index is 14.6. The SMILES string of the molecule is COCc1c(F)cc(N2CCN(C(=O)c3cc(S(C)(=O)=O)ccc3-c3ccccc3F)CC2)cc1F. The van der Waals surface area contributed by atoms with Crippen LogP contribution in [0.1, 0.15) is 15.9 Å². The highest BCUT2D eigenvalue weighted by molar-refractivity contribution is 7.90. The van der Waals surface area contributed by atoms with E-state index in [9.17, 15) is 26.4 Å². The van der Waals surface area contributed by atoms with E-state index in [4.69, 9.17) is 4.74 Å². The number of carbonyl (C=O) groups excluding carboxylic acids is 1. The molecule has 1 saturated heterocycles. The molecule has 10 heteroatoms. The Balaban J connectivity index is 1.60. The third-order valence-electron chi connectivity index (χ3n) is 6.16. The van der Waals surface area contributed by atoms with Gasteiger partial charge in [0, 0.05) is 61.9 Å². The summed E-state index contributed by atoms with van der Waals surface area (Å²) < 4.78 is 72.4. The first kappa shape index (κ1) is 25.7. The maximum Gasteiger partial charge on any atom is 0.254 e. The van der Waals surface area contributed by atoms with Crippen LogP contribution in [0.3, 0.4) is 0 Å². The molecule has 1 aliphatic heterocycles. The highest BCUT2D eigenvalue weighted by atomic mass is 32.2. The van der Waals surface area contributed by atoms with E-state index < -0.39 is 33.2 Å². The average molecular weight is 519 g/mol. The first-order chi connectivity index (χ1) is 17.1. The lowest BCUT2D eigenvalue weighted by Gasteiger charge is -2.36. The van der Waals surface area contributed by atoms with Crippen LogP contribution in [0.4, 0.5) is 18.9 Å². The van der Waals surface area contributed by atoms with E-state index in [1.54, 1.807) is 11.0 Å². The van der Waals surface area contributed by atoms with Crippen LogP contribution in [0, 0.1) is 17.5 Å². The fourth-order valence-corrected chi connectivity index (χ4v) is 4.89. The molecule has 0 unspecified atom stereocenters. The summed E-state index contributed by atoms with van der Waals surface area (Å²) in [6.45, 7) is 0.866. The van der Waals surface area contributed by atoms with Crippen LogP contribution in [0.25, 0.3) is 11.1 Å². The van der Waals surface area contributed by atoms with E-state index in [-0.39, 0.29) is 46.8 Å². The van der Waals surface area contributed by atoms with Gasteiger partial charge in [-0.05, 0) is 35.9 Å². The summed E-state index contributed by atoms with van der Waals surface area (Å²) in [5.41, 5.74) is 0.731. The Morgan fingerprint density at radius 3 is 2.11 bits per heavy atom. The molecule has 1 fully saturated rings. The third-order valence-corrected chi connectivity index (χ3v) is 7.27. The van der Waals surface area contributed by atoms with E-state index in [2.05, 4.69) is 0 Å². The van der Waals surface area contributed by atoms with Crippen molar-refractivity contribution in [2.75, 3.05) is 44.4 Å². The number of hydrogen-bond acceptors (Lipinski definition) is 5. The molecule has 0 saturated carbocycles. The second-order valence-electron chi connectivity index (χ2n) is 8.56. The fraction of sp³-hybridized carbons (Fsp3) is 0.269. The molecular formula is C26H25F3N2O4S. The van der Waals surface area contributed by atoms with Gasteiger partial charge < -0.3 is 14.5 Å². The smallest absolute Gasteiger partial charge is 0.254 e. The molecule has 1 aliphatic rings. The van der Waals surface area contributed by atoms with Crippen LogP contribution in [0.15, 0.2) is 59.5 Å². The summed E-state index contributed by atoms with van der Waals surface area (Å²) in [4.78, 5) is 16.7. The molecule has 36 heavy (non-hydrogen) atoms. The molecule has 0 aliphatic carbocycles. The second-order valence-corrected chi connectivity index (χ2v) is 10.6. The van der Waals surface area contributed by atoms with Crippen LogP contribution >= 0.6 is 0 Å². The Morgan fingerprint density at radius 1 is 0.889 bits per heavy atom. The summed E-state index contributed by atoms with van der Waals surface area (Å²) in [5, 5.41) is 0. The quantitative estimate of drug-likeness (QED) is 0.487. The number of carbonyl (C=O) groups is 1. The molecule has 0 N–H and O–H groups in total. The van der Waals surface area contributed by atoms with Gasteiger partial charge in [0.05, 0.1) is 11.5 Å². The van der Waals surface area contributed by atoms with Crippen LogP contribution in [-0.2, 0) is 21.2 Å². The van der Waals surface area contributed by atoms with E-state index >= 15 is 0 Å². The molecule has 4 rings (SSSR count). The summed E-state index contributed by atoms with van der Waals surface area (Å²) in [7, 11) is -2.26. The summed E-state index contributed by atoms with van der Waals surface area (Å²) in [5.74, 6) is -2.41. The molecule has 0 radical (unpaired) electrons. The number of piperazine rings is 1. The van der Waals surface area contributed by atoms with E-state index in [0.717, 1.165) is 6.26 Å². The van der Waals surface area contributed by atoms with E-state index in [1.807, 2.05) is 0 Å². The lowest BCUT2D eigenvalue weighted by atomic mass is 9.98. The topological polar surface area (TPSA) is 66.9 Å². The highest BCUT2D eigenvalue weighted by Crippen LogP contribution is 2.30. The summed E-state index contributed by atoms with van der Waals surface area (Å²) >= 11 is 0. The van der Waals surface area contributed by atoms with Gasteiger partial charge in [-0.2, -0.15) is 0 Å². The molecule has 0 bridgehead atoms. The van der Waals surface area contributed by atoms with Crippen LogP contribution in [-0.4, -0.2) is 58.8 Å². The Kier molecular flexibility index (Phi) is 7.37. The number of nitrogens with zero attached hydrogens (tertiary/aromatic N) is 2. The largest absolute Gasteiger partial charge is 0.380 e. The van der Waals surface area contributed by atoms with Crippen molar-refractivity contribution in [2.45, 2.75) is 11.5 Å². The minimum atomic E-state index is -3.61. The zero-order chi connectivity index (χ0) is 26.0. The zero-order valence-electron chi connectivity index (χ0n) is 19.8. The van der Waals surface area contributed by atoms with Gasteiger partial charge in [0.25, 0.3) is 5.91 Å². The molecule has 3 aromatic carbocycles. The molecule has 0 spiro atoms. The van der Waals surface area contributed by atoms with Crippen molar-refractivity contribution in [2.24, 2.45) is 0 Å². The molecule has 0 atom stereocenters. The van der Waals surface area contributed by atoms with Crippen LogP contribution in [0.5, 0.6) is 0 Å². The molecular weight excluding hydrogens is 493 g/mol. The molecule has 1 amide bonds. The maximum absolute atomic E-state index is 14.6. The number of halogens is 3. The monoisotopic (exact) mass is 518 g/mol. The number of amides is 1. The Labute approximate surface area is 207 Å². The first-order valence-corrected chi connectivity index (χ1v) is 13.1. The third kappa shape index (κ3) is 5.24. The van der Waals surface area contributed by atoms with Gasteiger partial charge in [-0.1, -0.05) is 24.3 Å². The van der Waals surface area contributed by atoms with Crippen molar-refractivity contribution >= 4 is 21.4 Å². The number of ether oxygens (including phenoxy) is 1. The highest BCUT2D eigenvalue weighted by Gasteiger charge is 2.27. The lowest BCUT2D eigenvalue weighted by molar-refractivity contribution is 0.0747. The first-order valence-electron chi connectivity index (χ1n) is 11.2. The predicted octanol–water partition coefficient (Wildman–Crippen LogP) is 4.28. The molecule has 190 valence electrons. The van der Waals surface area contributed by atoms with Gasteiger partial charge in [0.15, 0.2) is 9.84 Å². The average Bonchev–Trinajstić information content (AvgIpc) is 2.85. The van der Waals surface area contributed by atoms with E-state index in [1.165, 1.54) is 60.5 Å². The lowest BCUT2D eigenvalue weighted by Crippen LogP contribution is -2.49. The number of benzene rings is 3. The van der Waals surface area contributed by atoms with Gasteiger partial charge in [0.1, 0.15) is 17.5 Å². The molecule has 1 heterocycles. The fourth-order valence-electron chi connectivity index (χ4n) is 4.24. The number of rotatable bonds is 6. The van der Waals surface area contributed by atoms with Crippen LogP contribution in [0.2, 0.25) is 0 Å².